The lowest BCUT2D eigenvalue weighted by Crippen LogP contribution is -1.60. The molecule has 0 nitrogen and oxygen atoms in total. The summed E-state index contributed by atoms with van der Waals surface area (Å²) in [6, 6.07) is 0. The van der Waals surface area contributed by atoms with Crippen LogP contribution in [0.4, 0.5) is 0 Å². The lowest BCUT2D eigenvalue weighted by Gasteiger charge is -1.83. The second-order valence-electron chi connectivity index (χ2n) is 1.68. The topological polar surface area (TPSA) is 0 Å². The second kappa shape index (κ2) is 3.18. The van der Waals surface area contributed by atoms with Crippen molar-refractivity contribution in [2.75, 3.05) is 0 Å². The monoisotopic (exact) mass is 202 g/mol. The number of hydrogen-bond donors (Lipinski definition) is 0. The molecule has 0 saturated heterocycles. The molecule has 0 bridgehead atoms. The Bertz CT molecular complexity index is 212. The van der Waals surface area contributed by atoms with E-state index in [-0.39, 0.29) is 0 Å². The molecule has 0 unspecified atom stereocenters. The van der Waals surface area contributed by atoms with Crippen molar-refractivity contribution < 1.29 is 0 Å². The van der Waals surface area contributed by atoms with Crippen LogP contribution < -0.4 is 0 Å². The minimum atomic E-state index is 1.19. The molecule has 9 heavy (non-hydrogen) atoms. The highest BCUT2D eigenvalue weighted by atomic mass is 79.9. The fourth-order valence-corrected chi connectivity index (χ4v) is 1.99. The molecule has 0 amide bonds. The predicted octanol–water partition coefficient (Wildman–Crippen LogP) is 3.54. The molecule has 48 valence electrons. The van der Waals surface area contributed by atoms with Gasteiger partial charge in [0, 0.05) is 9.85 Å². The summed E-state index contributed by atoms with van der Waals surface area (Å²) in [5.41, 5.74) is 1.27. The molecule has 1 heterocycles. The highest BCUT2D eigenvalue weighted by molar-refractivity contribution is 9.10. The Morgan fingerprint density at radius 2 is 2.33 bits per heavy atom. The van der Waals surface area contributed by atoms with Gasteiger partial charge in [-0.3, -0.25) is 0 Å². The van der Waals surface area contributed by atoms with Gasteiger partial charge < -0.3 is 0 Å². The van der Waals surface area contributed by atoms with E-state index < -0.39 is 0 Å². The van der Waals surface area contributed by atoms with E-state index in [9.17, 15) is 0 Å². The van der Waals surface area contributed by atoms with Gasteiger partial charge in [0.15, 0.2) is 0 Å². The van der Waals surface area contributed by atoms with Crippen molar-refractivity contribution in [2.24, 2.45) is 0 Å². The van der Waals surface area contributed by atoms with E-state index in [1.807, 2.05) is 13.0 Å². The van der Waals surface area contributed by atoms with Gasteiger partial charge in [-0.1, -0.05) is 12.2 Å². The lowest BCUT2D eigenvalue weighted by molar-refractivity contribution is 1.73. The molecule has 0 aliphatic rings. The predicted molar refractivity (Wildman–Crippen MR) is 46.7 cm³/mol. The molecule has 1 aromatic rings. The molecule has 0 aromatic carbocycles. The third kappa shape index (κ3) is 1.66. The van der Waals surface area contributed by atoms with Crippen LogP contribution in [0, 0.1) is 0 Å². The van der Waals surface area contributed by atoms with E-state index in [1.54, 1.807) is 11.3 Å². The SMILES string of the molecule is CC=Cc1cscc1Br. The quantitative estimate of drug-likeness (QED) is 0.654. The molecule has 0 radical (unpaired) electrons. The fourth-order valence-electron chi connectivity index (χ4n) is 0.590. The van der Waals surface area contributed by atoms with E-state index in [1.165, 1.54) is 10.0 Å². The van der Waals surface area contributed by atoms with E-state index in [4.69, 9.17) is 0 Å². The highest BCUT2D eigenvalue weighted by Crippen LogP contribution is 2.22. The molecule has 0 fully saturated rings. The molecule has 0 aliphatic heterocycles. The first kappa shape index (κ1) is 7.03. The van der Waals surface area contributed by atoms with Gasteiger partial charge >= 0.3 is 0 Å². The first-order valence-corrected chi connectivity index (χ1v) is 4.42. The molecule has 0 saturated carbocycles. The summed E-state index contributed by atoms with van der Waals surface area (Å²) in [7, 11) is 0. The maximum Gasteiger partial charge on any atom is 0.0354 e. The van der Waals surface area contributed by atoms with Crippen molar-refractivity contribution in [3.05, 3.63) is 26.9 Å². The van der Waals surface area contributed by atoms with Crippen LogP contribution in [-0.4, -0.2) is 0 Å². The minimum absolute atomic E-state index is 1.19. The Morgan fingerprint density at radius 3 is 2.78 bits per heavy atom. The normalized spacial score (nSPS) is 10.9. The Labute approximate surface area is 67.3 Å². The molecule has 2 heteroatoms. The van der Waals surface area contributed by atoms with Crippen LogP contribution >= 0.6 is 27.3 Å². The molecule has 0 aliphatic carbocycles. The van der Waals surface area contributed by atoms with E-state index >= 15 is 0 Å². The Hall–Kier alpha value is -0.0800. The number of allylic oxidation sites excluding steroid dienone is 1. The first-order chi connectivity index (χ1) is 4.34. The summed E-state index contributed by atoms with van der Waals surface area (Å²) in [5, 5.41) is 4.19. The van der Waals surface area contributed by atoms with Gasteiger partial charge in [-0.05, 0) is 33.8 Å². The molecule has 0 N–H and O–H groups in total. The third-order valence-electron chi connectivity index (χ3n) is 0.989. The molecular formula is C7H7BrS. The molecule has 1 rings (SSSR count). The van der Waals surface area contributed by atoms with Gasteiger partial charge in [-0.25, -0.2) is 0 Å². The smallest absolute Gasteiger partial charge is 0.0354 e. The van der Waals surface area contributed by atoms with Crippen molar-refractivity contribution in [3.63, 3.8) is 0 Å². The molecular weight excluding hydrogens is 196 g/mol. The molecule has 0 spiro atoms. The summed E-state index contributed by atoms with van der Waals surface area (Å²) in [6.45, 7) is 2.02. The van der Waals surface area contributed by atoms with Crippen molar-refractivity contribution in [3.8, 4) is 0 Å². The van der Waals surface area contributed by atoms with Crippen LogP contribution in [-0.2, 0) is 0 Å². The Morgan fingerprint density at radius 1 is 1.56 bits per heavy atom. The second-order valence-corrected chi connectivity index (χ2v) is 3.27. The van der Waals surface area contributed by atoms with E-state index in [0.29, 0.717) is 0 Å². The summed E-state index contributed by atoms with van der Waals surface area (Å²) in [6.07, 6.45) is 4.12. The zero-order valence-electron chi connectivity index (χ0n) is 5.10. The van der Waals surface area contributed by atoms with Gasteiger partial charge in [-0.2, -0.15) is 11.3 Å². The first-order valence-electron chi connectivity index (χ1n) is 2.69. The third-order valence-corrected chi connectivity index (χ3v) is 2.74. The van der Waals surface area contributed by atoms with Gasteiger partial charge in [0.05, 0.1) is 0 Å². The van der Waals surface area contributed by atoms with Gasteiger partial charge in [0.2, 0.25) is 0 Å². The largest absolute Gasteiger partial charge is 0.151 e. The van der Waals surface area contributed by atoms with E-state index in [0.717, 1.165) is 0 Å². The van der Waals surface area contributed by atoms with E-state index in [2.05, 4.69) is 32.8 Å². The van der Waals surface area contributed by atoms with Crippen molar-refractivity contribution >= 4 is 33.3 Å². The standard InChI is InChI=1S/C7H7BrS/c1-2-3-6-4-9-5-7(6)8/h2-5H,1H3. The van der Waals surface area contributed by atoms with Crippen LogP contribution in [0.5, 0.6) is 0 Å². The Kier molecular flexibility index (Phi) is 2.49. The van der Waals surface area contributed by atoms with Crippen molar-refractivity contribution in [2.45, 2.75) is 6.92 Å². The lowest BCUT2D eigenvalue weighted by atomic mass is 10.3. The van der Waals surface area contributed by atoms with Crippen LogP contribution in [0.25, 0.3) is 6.08 Å². The molecule has 1 aromatic heterocycles. The average molecular weight is 203 g/mol. The summed E-state index contributed by atoms with van der Waals surface area (Å²) >= 11 is 5.13. The zero-order valence-corrected chi connectivity index (χ0v) is 7.50. The van der Waals surface area contributed by atoms with Crippen LogP contribution in [0.15, 0.2) is 21.3 Å². The van der Waals surface area contributed by atoms with Crippen molar-refractivity contribution in [1.82, 2.24) is 0 Å². The zero-order chi connectivity index (χ0) is 6.69. The van der Waals surface area contributed by atoms with Gasteiger partial charge in [0.1, 0.15) is 0 Å². The summed E-state index contributed by atoms with van der Waals surface area (Å²) in [5.74, 6) is 0. The maximum atomic E-state index is 3.43. The number of thiophene rings is 1. The highest BCUT2D eigenvalue weighted by Gasteiger charge is 1.92. The van der Waals surface area contributed by atoms with Crippen LogP contribution in [0.1, 0.15) is 12.5 Å². The molecule has 0 atom stereocenters. The Balaban J connectivity index is 2.94. The van der Waals surface area contributed by atoms with Crippen LogP contribution in [0.3, 0.4) is 0 Å². The fraction of sp³-hybridized carbons (Fsp3) is 0.143. The summed E-state index contributed by atoms with van der Waals surface area (Å²) in [4.78, 5) is 0. The average Bonchev–Trinajstić information content (AvgIpc) is 2.18. The summed E-state index contributed by atoms with van der Waals surface area (Å²) < 4.78 is 1.19. The van der Waals surface area contributed by atoms with Crippen LogP contribution in [0.2, 0.25) is 0 Å². The van der Waals surface area contributed by atoms with Crippen molar-refractivity contribution in [1.29, 1.82) is 0 Å². The minimum Gasteiger partial charge on any atom is -0.151 e. The number of rotatable bonds is 1. The number of halogens is 1. The maximum absolute atomic E-state index is 3.43. The number of hydrogen-bond acceptors (Lipinski definition) is 1. The van der Waals surface area contributed by atoms with Gasteiger partial charge in [-0.15, -0.1) is 0 Å². The van der Waals surface area contributed by atoms with Gasteiger partial charge in [0.25, 0.3) is 0 Å².